The number of rotatable bonds is 3. The van der Waals surface area contributed by atoms with E-state index in [4.69, 9.17) is 0 Å². The van der Waals surface area contributed by atoms with Gasteiger partial charge in [0.2, 0.25) is 0 Å². The third-order valence-corrected chi connectivity index (χ3v) is 4.95. The number of hydrogen-bond donors (Lipinski definition) is 0. The Morgan fingerprint density at radius 3 is 2.33 bits per heavy atom. The molecular weight excluding hydrogens is 333 g/mol. The van der Waals surface area contributed by atoms with Gasteiger partial charge < -0.3 is 4.57 Å². The van der Waals surface area contributed by atoms with E-state index in [-0.39, 0.29) is 21.8 Å². The number of sulfone groups is 1. The Morgan fingerprint density at radius 1 is 1.04 bits per heavy atom. The maximum Gasteiger partial charge on any atom is 0.258 e. The van der Waals surface area contributed by atoms with Crippen LogP contribution in [-0.4, -0.2) is 19.2 Å². The average Bonchev–Trinajstić information content (AvgIpc) is 2.57. The standard InChI is InChI=1S/C17H14FNO4S/c1-19-10-15(12-5-3-4-6-13(12)17(19)20)14-9-11(24(2,21)22)7-8-16(14)23-18/h3-10H,1-2H3. The molecule has 0 fully saturated rings. The molecule has 0 saturated heterocycles. The van der Waals surface area contributed by atoms with E-state index in [2.05, 4.69) is 4.94 Å². The highest BCUT2D eigenvalue weighted by Gasteiger charge is 2.17. The molecule has 1 aromatic heterocycles. The van der Waals surface area contributed by atoms with E-state index in [1.54, 1.807) is 31.3 Å². The molecule has 0 saturated carbocycles. The van der Waals surface area contributed by atoms with Gasteiger partial charge in [-0.2, -0.15) is 0 Å². The molecule has 24 heavy (non-hydrogen) atoms. The molecule has 0 amide bonds. The molecular formula is C17H14FNO4S. The number of hydrogen-bond acceptors (Lipinski definition) is 4. The maximum atomic E-state index is 13.0. The van der Waals surface area contributed by atoms with Crippen molar-refractivity contribution in [1.82, 2.24) is 4.57 Å². The van der Waals surface area contributed by atoms with E-state index >= 15 is 0 Å². The van der Waals surface area contributed by atoms with Crippen LogP contribution in [0.1, 0.15) is 0 Å². The third kappa shape index (κ3) is 2.67. The first-order chi connectivity index (χ1) is 11.3. The number of benzene rings is 2. The second-order valence-corrected chi connectivity index (χ2v) is 7.53. The zero-order chi connectivity index (χ0) is 17.5. The Kier molecular flexibility index (Phi) is 3.88. The lowest BCUT2D eigenvalue weighted by Crippen LogP contribution is -2.16. The van der Waals surface area contributed by atoms with Crippen molar-refractivity contribution in [2.45, 2.75) is 4.90 Å². The van der Waals surface area contributed by atoms with Crippen LogP contribution in [0, 0.1) is 0 Å². The normalized spacial score (nSPS) is 11.6. The monoisotopic (exact) mass is 347 g/mol. The minimum Gasteiger partial charge on any atom is -0.317 e. The van der Waals surface area contributed by atoms with Crippen LogP contribution < -0.4 is 10.5 Å². The summed E-state index contributed by atoms with van der Waals surface area (Å²) in [6.45, 7) is 0. The molecule has 0 aliphatic carbocycles. The highest BCUT2D eigenvalue weighted by Crippen LogP contribution is 2.36. The van der Waals surface area contributed by atoms with Crippen molar-refractivity contribution in [2.24, 2.45) is 7.05 Å². The van der Waals surface area contributed by atoms with Crippen LogP contribution >= 0.6 is 0 Å². The zero-order valence-electron chi connectivity index (χ0n) is 13.0. The van der Waals surface area contributed by atoms with Crippen LogP contribution in [0.5, 0.6) is 5.75 Å². The topological polar surface area (TPSA) is 65.4 Å². The fourth-order valence-corrected chi connectivity index (χ4v) is 3.30. The summed E-state index contributed by atoms with van der Waals surface area (Å²) >= 11 is 0. The second kappa shape index (κ2) is 5.76. The number of aryl methyl sites for hydroxylation is 1. The van der Waals surface area contributed by atoms with Crippen molar-refractivity contribution in [1.29, 1.82) is 0 Å². The Bertz CT molecular complexity index is 1100. The molecule has 0 aliphatic heterocycles. The van der Waals surface area contributed by atoms with Crippen molar-refractivity contribution in [3.05, 3.63) is 59.0 Å². The molecule has 3 rings (SSSR count). The van der Waals surface area contributed by atoms with Gasteiger partial charge in [-0.25, -0.2) is 8.42 Å². The summed E-state index contributed by atoms with van der Waals surface area (Å²) in [5, 5.41) is 1.04. The molecule has 1 heterocycles. The minimum absolute atomic E-state index is 0.0382. The van der Waals surface area contributed by atoms with Gasteiger partial charge in [-0.05, 0) is 29.7 Å². The van der Waals surface area contributed by atoms with Gasteiger partial charge in [0.1, 0.15) is 0 Å². The number of halogens is 1. The van der Waals surface area contributed by atoms with Crippen LogP contribution in [0.25, 0.3) is 21.9 Å². The van der Waals surface area contributed by atoms with Gasteiger partial charge in [0.25, 0.3) is 5.56 Å². The molecule has 0 atom stereocenters. The van der Waals surface area contributed by atoms with Gasteiger partial charge >= 0.3 is 0 Å². The van der Waals surface area contributed by atoms with E-state index in [1.165, 1.54) is 29.0 Å². The summed E-state index contributed by atoms with van der Waals surface area (Å²) < 4.78 is 38.0. The van der Waals surface area contributed by atoms with Crippen LogP contribution in [0.4, 0.5) is 4.53 Å². The Balaban J connectivity index is 2.44. The predicted molar refractivity (Wildman–Crippen MR) is 89.5 cm³/mol. The largest absolute Gasteiger partial charge is 0.317 e. The van der Waals surface area contributed by atoms with Gasteiger partial charge in [0, 0.05) is 40.5 Å². The fourth-order valence-electron chi connectivity index (χ4n) is 2.65. The molecule has 0 aliphatic rings. The van der Waals surface area contributed by atoms with Crippen molar-refractivity contribution >= 4 is 20.6 Å². The van der Waals surface area contributed by atoms with Crippen molar-refractivity contribution in [3.8, 4) is 16.9 Å². The molecule has 0 unspecified atom stereocenters. The van der Waals surface area contributed by atoms with Crippen molar-refractivity contribution in [3.63, 3.8) is 0 Å². The maximum absolute atomic E-state index is 13.0. The van der Waals surface area contributed by atoms with Gasteiger partial charge in [-0.15, -0.1) is 0 Å². The van der Waals surface area contributed by atoms with E-state index in [9.17, 15) is 17.7 Å². The summed E-state index contributed by atoms with van der Waals surface area (Å²) in [7, 11) is -1.90. The van der Waals surface area contributed by atoms with Crippen molar-refractivity contribution in [2.75, 3.05) is 6.26 Å². The van der Waals surface area contributed by atoms with Gasteiger partial charge in [0.05, 0.1) is 4.90 Å². The lowest BCUT2D eigenvalue weighted by atomic mass is 10.00. The first-order valence-corrected chi connectivity index (χ1v) is 8.93. The molecule has 124 valence electrons. The Morgan fingerprint density at radius 2 is 1.71 bits per heavy atom. The molecule has 0 spiro atoms. The van der Waals surface area contributed by atoms with Gasteiger partial charge in [-0.3, -0.25) is 9.74 Å². The molecule has 0 bridgehead atoms. The van der Waals surface area contributed by atoms with Gasteiger partial charge in [0.15, 0.2) is 15.6 Å². The highest BCUT2D eigenvalue weighted by molar-refractivity contribution is 7.90. The average molecular weight is 347 g/mol. The van der Waals surface area contributed by atoms with E-state index in [0.717, 1.165) is 6.26 Å². The summed E-state index contributed by atoms with van der Waals surface area (Å²) in [5.41, 5.74) is 0.564. The highest BCUT2D eigenvalue weighted by atomic mass is 32.2. The van der Waals surface area contributed by atoms with E-state index in [0.29, 0.717) is 16.3 Å². The van der Waals surface area contributed by atoms with Crippen LogP contribution in [-0.2, 0) is 16.9 Å². The Labute approximate surface area is 137 Å². The molecule has 2 aromatic carbocycles. The molecule has 3 aromatic rings. The lowest BCUT2D eigenvalue weighted by molar-refractivity contribution is -0.00551. The van der Waals surface area contributed by atoms with Crippen LogP contribution in [0.3, 0.4) is 0 Å². The SMILES string of the molecule is Cn1cc(-c2cc(S(C)(=O)=O)ccc2OF)c2ccccc2c1=O. The summed E-state index contributed by atoms with van der Waals surface area (Å²) in [4.78, 5) is 16.2. The molecule has 0 N–H and O–H groups in total. The Hall–Kier alpha value is -2.67. The van der Waals surface area contributed by atoms with Crippen LogP contribution in [0.2, 0.25) is 0 Å². The smallest absolute Gasteiger partial charge is 0.258 e. The van der Waals surface area contributed by atoms with Gasteiger partial charge in [-0.1, -0.05) is 18.2 Å². The number of pyridine rings is 1. The van der Waals surface area contributed by atoms with Crippen molar-refractivity contribution < 1.29 is 17.9 Å². The second-order valence-electron chi connectivity index (χ2n) is 5.51. The third-order valence-electron chi connectivity index (χ3n) is 3.84. The number of aromatic nitrogens is 1. The first kappa shape index (κ1) is 16.2. The quantitative estimate of drug-likeness (QED) is 0.731. The van der Waals surface area contributed by atoms with E-state index < -0.39 is 9.84 Å². The fraction of sp³-hybridized carbons (Fsp3) is 0.118. The summed E-state index contributed by atoms with van der Waals surface area (Å²) in [5.74, 6) is -0.119. The summed E-state index contributed by atoms with van der Waals surface area (Å²) in [6, 6.07) is 10.7. The molecule has 5 nitrogen and oxygen atoms in total. The lowest BCUT2D eigenvalue weighted by Gasteiger charge is -2.12. The zero-order valence-corrected chi connectivity index (χ0v) is 13.8. The predicted octanol–water partition coefficient (Wildman–Crippen LogP) is 2.87. The molecule has 7 heteroatoms. The van der Waals surface area contributed by atoms with Crippen LogP contribution in [0.15, 0.2) is 58.4 Å². The number of fused-ring (bicyclic) bond motifs is 1. The first-order valence-electron chi connectivity index (χ1n) is 7.04. The summed E-state index contributed by atoms with van der Waals surface area (Å²) in [6.07, 6.45) is 2.61. The molecule has 0 radical (unpaired) electrons. The van der Waals surface area contributed by atoms with E-state index in [1.807, 2.05) is 0 Å². The minimum atomic E-state index is -3.48. The number of nitrogens with zero attached hydrogens (tertiary/aromatic N) is 1.